The second-order valence-electron chi connectivity index (χ2n) is 3.69. The maximum Gasteiger partial charge on any atom is 0.214 e. The smallest absolute Gasteiger partial charge is 0.214 e. The van der Waals surface area contributed by atoms with Gasteiger partial charge < -0.3 is 0 Å². The minimum Gasteiger partial charge on any atom is -0.260 e. The SMILES string of the molecule is N#CC1(c2ccccn2)CC(N=[N+]=N)C1. The first-order chi connectivity index (χ1) is 7.30. The summed E-state index contributed by atoms with van der Waals surface area (Å²) in [6.07, 6.45) is 2.92. The van der Waals surface area contributed by atoms with Crippen molar-refractivity contribution in [1.29, 1.82) is 10.8 Å². The summed E-state index contributed by atoms with van der Waals surface area (Å²) in [7, 11) is 0. The molecule has 0 atom stereocenters. The molecule has 1 N–H and O–H groups in total. The molecule has 1 aliphatic rings. The van der Waals surface area contributed by atoms with Crippen LogP contribution >= 0.6 is 0 Å². The van der Waals surface area contributed by atoms with E-state index in [1.54, 1.807) is 6.20 Å². The van der Waals surface area contributed by atoms with E-state index >= 15 is 0 Å². The maximum atomic E-state index is 9.17. The number of nitrogens with one attached hydrogen (secondary N) is 1. The lowest BCUT2D eigenvalue weighted by Gasteiger charge is -2.36. The first kappa shape index (κ1) is 9.50. The molecule has 5 nitrogen and oxygen atoms in total. The van der Waals surface area contributed by atoms with E-state index < -0.39 is 5.41 Å². The Morgan fingerprint density at radius 1 is 1.60 bits per heavy atom. The van der Waals surface area contributed by atoms with Crippen LogP contribution in [0.2, 0.25) is 0 Å². The quantitative estimate of drug-likeness (QED) is 0.580. The van der Waals surface area contributed by atoms with Gasteiger partial charge >= 0.3 is 0 Å². The molecular formula is C10H10N5+. The van der Waals surface area contributed by atoms with Gasteiger partial charge in [-0.05, 0) is 12.1 Å². The summed E-state index contributed by atoms with van der Waals surface area (Å²) in [6.45, 7) is 0. The fourth-order valence-corrected chi connectivity index (χ4v) is 1.91. The summed E-state index contributed by atoms with van der Waals surface area (Å²) in [6, 6.07) is 7.86. The highest BCUT2D eigenvalue weighted by Gasteiger charge is 2.49. The summed E-state index contributed by atoms with van der Waals surface area (Å²) >= 11 is 0. The van der Waals surface area contributed by atoms with Crippen LogP contribution in [0.25, 0.3) is 0 Å². The zero-order valence-electron chi connectivity index (χ0n) is 8.09. The minimum absolute atomic E-state index is 0.00385. The Labute approximate surface area is 87.0 Å². The fourth-order valence-electron chi connectivity index (χ4n) is 1.91. The lowest BCUT2D eigenvalue weighted by molar-refractivity contribution is 0.257. The van der Waals surface area contributed by atoms with Crippen molar-refractivity contribution in [2.24, 2.45) is 5.11 Å². The predicted molar refractivity (Wildman–Crippen MR) is 51.8 cm³/mol. The van der Waals surface area contributed by atoms with Crippen molar-refractivity contribution in [2.75, 3.05) is 0 Å². The van der Waals surface area contributed by atoms with Crippen LogP contribution in [0, 0.1) is 16.9 Å². The second kappa shape index (κ2) is 3.60. The largest absolute Gasteiger partial charge is 0.260 e. The zero-order valence-corrected chi connectivity index (χ0v) is 8.09. The highest BCUT2D eigenvalue weighted by atomic mass is 15.2. The number of nitrogens with zero attached hydrogens (tertiary/aromatic N) is 4. The Balaban J connectivity index is 2.22. The van der Waals surface area contributed by atoms with Crippen molar-refractivity contribution in [3.05, 3.63) is 30.1 Å². The normalized spacial score (nSPS) is 28.3. The molecule has 0 saturated heterocycles. The average Bonchev–Trinajstić information content (AvgIpc) is 2.24. The molecule has 1 aromatic rings. The zero-order chi connectivity index (χ0) is 10.7. The third-order valence-electron chi connectivity index (χ3n) is 2.76. The van der Waals surface area contributed by atoms with Crippen molar-refractivity contribution in [3.8, 4) is 6.07 Å². The number of aromatic nitrogens is 1. The summed E-state index contributed by atoms with van der Waals surface area (Å²) in [5, 5.41) is 12.9. The number of pyridine rings is 1. The van der Waals surface area contributed by atoms with Crippen LogP contribution < -0.4 is 4.91 Å². The van der Waals surface area contributed by atoms with Crippen molar-refractivity contribution in [2.45, 2.75) is 24.3 Å². The molecule has 1 aliphatic carbocycles. The number of hydrogen-bond donors (Lipinski definition) is 1. The van der Waals surface area contributed by atoms with Crippen LogP contribution in [-0.4, -0.2) is 11.0 Å². The van der Waals surface area contributed by atoms with Gasteiger partial charge in [0, 0.05) is 19.0 Å². The van der Waals surface area contributed by atoms with Crippen LogP contribution in [0.4, 0.5) is 0 Å². The van der Waals surface area contributed by atoms with E-state index in [4.69, 9.17) is 10.8 Å². The average molecular weight is 200 g/mol. The summed E-state index contributed by atoms with van der Waals surface area (Å²) in [5.74, 6) is 0. The van der Waals surface area contributed by atoms with Crippen molar-refractivity contribution in [1.82, 2.24) is 9.90 Å². The Kier molecular flexibility index (Phi) is 2.28. The van der Waals surface area contributed by atoms with Gasteiger partial charge in [0.1, 0.15) is 22.1 Å². The van der Waals surface area contributed by atoms with E-state index in [9.17, 15) is 0 Å². The Morgan fingerprint density at radius 3 is 2.93 bits per heavy atom. The van der Waals surface area contributed by atoms with Gasteiger partial charge in [0.05, 0.1) is 11.8 Å². The number of rotatable bonds is 2. The predicted octanol–water partition coefficient (Wildman–Crippen LogP) is 1.56. The summed E-state index contributed by atoms with van der Waals surface area (Å²) in [5.41, 5.74) is 6.90. The highest BCUT2D eigenvalue weighted by Crippen LogP contribution is 2.43. The molecule has 5 heteroatoms. The van der Waals surface area contributed by atoms with Crippen molar-refractivity contribution in [3.63, 3.8) is 0 Å². The van der Waals surface area contributed by atoms with Gasteiger partial charge in [0.15, 0.2) is 0 Å². The van der Waals surface area contributed by atoms with Crippen LogP contribution in [-0.2, 0) is 5.41 Å². The molecule has 0 amide bonds. The molecule has 1 aromatic heterocycles. The molecule has 0 bridgehead atoms. The lowest BCUT2D eigenvalue weighted by atomic mass is 9.64. The van der Waals surface area contributed by atoms with Gasteiger partial charge in [-0.25, -0.2) is 0 Å². The standard InChI is InChI=1S/C10H10N5/c11-7-10(5-8(6-10)14-15-12)9-3-1-2-4-13-9/h1-4,8,12H,5-6H2/q+1. The second-order valence-corrected chi connectivity index (χ2v) is 3.69. The lowest BCUT2D eigenvalue weighted by Crippen LogP contribution is -2.43. The molecule has 1 fully saturated rings. The summed E-state index contributed by atoms with van der Waals surface area (Å²) < 4.78 is 0. The van der Waals surface area contributed by atoms with Gasteiger partial charge in [-0.1, -0.05) is 6.07 Å². The van der Waals surface area contributed by atoms with Crippen molar-refractivity contribution >= 4 is 0 Å². The third kappa shape index (κ3) is 1.51. The van der Waals surface area contributed by atoms with Crippen molar-refractivity contribution < 1.29 is 0 Å². The molecule has 1 heterocycles. The van der Waals surface area contributed by atoms with Crippen LogP contribution in [0.15, 0.2) is 29.5 Å². The summed E-state index contributed by atoms with van der Waals surface area (Å²) in [4.78, 5) is 7.19. The molecule has 74 valence electrons. The van der Waals surface area contributed by atoms with Crippen LogP contribution in [0.5, 0.6) is 0 Å². The molecule has 0 unspecified atom stereocenters. The van der Waals surface area contributed by atoms with E-state index in [2.05, 4.69) is 21.1 Å². The topological polar surface area (TPSA) is 87.0 Å². The maximum absolute atomic E-state index is 9.17. The van der Waals surface area contributed by atoms with Gasteiger partial charge in [0.2, 0.25) is 4.91 Å². The van der Waals surface area contributed by atoms with Gasteiger partial charge in [-0.15, -0.1) is 0 Å². The Morgan fingerprint density at radius 2 is 2.40 bits per heavy atom. The highest BCUT2D eigenvalue weighted by molar-refractivity contribution is 5.31. The van der Waals surface area contributed by atoms with E-state index in [0.717, 1.165) is 5.69 Å². The van der Waals surface area contributed by atoms with Gasteiger partial charge in [-0.2, -0.15) is 5.26 Å². The first-order valence-corrected chi connectivity index (χ1v) is 4.70. The molecule has 0 aliphatic heterocycles. The molecule has 0 aromatic carbocycles. The third-order valence-corrected chi connectivity index (χ3v) is 2.76. The monoisotopic (exact) mass is 200 g/mol. The Bertz CT molecular complexity index is 435. The number of nitriles is 1. The number of hydrogen-bond acceptors (Lipinski definition) is 4. The molecule has 0 spiro atoms. The van der Waals surface area contributed by atoms with E-state index in [0.29, 0.717) is 12.8 Å². The van der Waals surface area contributed by atoms with E-state index in [1.807, 2.05) is 18.2 Å². The van der Waals surface area contributed by atoms with Crippen LogP contribution in [0.3, 0.4) is 0 Å². The molecule has 2 rings (SSSR count). The van der Waals surface area contributed by atoms with E-state index in [-0.39, 0.29) is 6.04 Å². The molecular weight excluding hydrogens is 190 g/mol. The first-order valence-electron chi connectivity index (χ1n) is 4.70. The molecule has 15 heavy (non-hydrogen) atoms. The molecule has 0 radical (unpaired) electrons. The Hall–Kier alpha value is -2.05. The fraction of sp³-hybridized carbons (Fsp3) is 0.400. The minimum atomic E-state index is -0.514. The van der Waals surface area contributed by atoms with Gasteiger partial charge in [0.25, 0.3) is 0 Å². The molecule has 1 saturated carbocycles. The van der Waals surface area contributed by atoms with Gasteiger partial charge in [-0.3, -0.25) is 4.98 Å². The van der Waals surface area contributed by atoms with E-state index in [1.165, 1.54) is 0 Å². The van der Waals surface area contributed by atoms with Crippen LogP contribution in [0.1, 0.15) is 18.5 Å².